The molecule has 0 aromatic carbocycles. The Kier molecular flexibility index (Phi) is 7.91. The number of carboxylic acid groups (broad SMARTS) is 1. The van der Waals surface area contributed by atoms with Gasteiger partial charge < -0.3 is 19.6 Å². The van der Waals surface area contributed by atoms with Gasteiger partial charge in [0.2, 0.25) is 5.91 Å². The second-order valence-corrected chi connectivity index (χ2v) is 8.00. The summed E-state index contributed by atoms with van der Waals surface area (Å²) in [5, 5.41) is 9.83. The van der Waals surface area contributed by atoms with Crippen LogP contribution in [-0.4, -0.2) is 53.7 Å². The number of ether oxygens (including phenoxy) is 1. The van der Waals surface area contributed by atoms with Crippen LogP contribution in [0.15, 0.2) is 22.8 Å². The van der Waals surface area contributed by atoms with Crippen LogP contribution in [0.3, 0.4) is 0 Å². The number of carbonyl (C=O) groups excluding carboxylic acids is 1. The minimum absolute atomic E-state index is 0.000538. The van der Waals surface area contributed by atoms with Gasteiger partial charge in [-0.1, -0.05) is 19.3 Å². The van der Waals surface area contributed by atoms with Gasteiger partial charge in [-0.2, -0.15) is 0 Å². The molecule has 3 fully saturated rings. The summed E-state index contributed by atoms with van der Waals surface area (Å²) < 4.78 is 11.4. The van der Waals surface area contributed by atoms with E-state index >= 15 is 0 Å². The van der Waals surface area contributed by atoms with Crippen molar-refractivity contribution in [3.05, 3.63) is 24.2 Å². The predicted octanol–water partition coefficient (Wildman–Crippen LogP) is 2.80. The first-order valence-electron chi connectivity index (χ1n) is 10.5. The lowest BCUT2D eigenvalue weighted by atomic mass is 9.88. The summed E-state index contributed by atoms with van der Waals surface area (Å²) in [4.78, 5) is 23.4. The number of rotatable bonds is 5. The number of amides is 1. The maximum atomic E-state index is 12.4. The number of fused-ring (bicyclic) bond motifs is 1. The predicted molar refractivity (Wildman–Crippen MR) is 104 cm³/mol. The van der Waals surface area contributed by atoms with E-state index in [4.69, 9.17) is 19.1 Å². The molecule has 1 saturated carbocycles. The Labute approximate surface area is 166 Å². The van der Waals surface area contributed by atoms with Crippen molar-refractivity contribution in [2.75, 3.05) is 13.1 Å². The fourth-order valence-electron chi connectivity index (χ4n) is 4.84. The van der Waals surface area contributed by atoms with Gasteiger partial charge in [0.05, 0.1) is 18.9 Å². The molecule has 0 spiro atoms. The van der Waals surface area contributed by atoms with Crippen molar-refractivity contribution in [2.24, 2.45) is 5.92 Å². The summed E-state index contributed by atoms with van der Waals surface area (Å²) in [5.74, 6) is 1.66. The molecule has 1 aromatic rings. The lowest BCUT2D eigenvalue weighted by molar-refractivity contribution is -0.144. The molecule has 4 rings (SSSR count). The first-order valence-corrected chi connectivity index (χ1v) is 10.5. The summed E-state index contributed by atoms with van der Waals surface area (Å²) in [6, 6.07) is 4.23. The zero-order valence-corrected chi connectivity index (χ0v) is 16.4. The Morgan fingerprint density at radius 1 is 1.21 bits per heavy atom. The maximum Gasteiger partial charge on any atom is 0.290 e. The van der Waals surface area contributed by atoms with Crippen molar-refractivity contribution in [2.45, 2.75) is 76.2 Å². The van der Waals surface area contributed by atoms with E-state index in [1.807, 2.05) is 12.1 Å². The number of nitrogens with zero attached hydrogens (tertiary/aromatic N) is 1. The topological polar surface area (TPSA) is 92.0 Å². The summed E-state index contributed by atoms with van der Waals surface area (Å²) >= 11 is 0. The Balaban J connectivity index is 0.000000706. The molecule has 2 N–H and O–H groups in total. The molecule has 0 radical (unpaired) electrons. The SMILES string of the molecule is O=C(NCc1ccco1)[C@@H]1CC[C@@H]2[C@@H](CCN2CC2CCCCC2)O1.O=CO. The number of likely N-dealkylation sites (tertiary alicyclic amines) is 1. The molecule has 1 aromatic heterocycles. The highest BCUT2D eigenvalue weighted by atomic mass is 16.5. The Morgan fingerprint density at radius 3 is 2.71 bits per heavy atom. The number of carbonyl (C=O) groups is 2. The molecule has 3 aliphatic rings. The van der Waals surface area contributed by atoms with Gasteiger partial charge >= 0.3 is 0 Å². The van der Waals surface area contributed by atoms with Gasteiger partial charge in [-0.3, -0.25) is 14.5 Å². The van der Waals surface area contributed by atoms with Gasteiger partial charge in [0.25, 0.3) is 6.47 Å². The fourth-order valence-corrected chi connectivity index (χ4v) is 4.84. The Bertz CT molecular complexity index is 600. The molecule has 2 aliphatic heterocycles. The van der Waals surface area contributed by atoms with Crippen LogP contribution in [0.25, 0.3) is 0 Å². The molecule has 156 valence electrons. The third-order valence-electron chi connectivity index (χ3n) is 6.19. The molecule has 0 unspecified atom stereocenters. The van der Waals surface area contributed by atoms with Crippen LogP contribution in [0, 0.1) is 5.92 Å². The van der Waals surface area contributed by atoms with E-state index in [1.165, 1.54) is 38.6 Å². The van der Waals surface area contributed by atoms with Gasteiger partial charge in [0.15, 0.2) is 0 Å². The quantitative estimate of drug-likeness (QED) is 0.749. The lowest BCUT2D eigenvalue weighted by Crippen LogP contribution is -2.48. The van der Waals surface area contributed by atoms with Crippen molar-refractivity contribution < 1.29 is 23.8 Å². The van der Waals surface area contributed by atoms with Crippen LogP contribution in [-0.2, 0) is 20.9 Å². The van der Waals surface area contributed by atoms with Crippen LogP contribution < -0.4 is 5.32 Å². The van der Waals surface area contributed by atoms with Gasteiger partial charge in [0.1, 0.15) is 11.9 Å². The molecule has 7 heteroatoms. The summed E-state index contributed by atoms with van der Waals surface area (Å²) in [6.45, 7) is 2.56. The van der Waals surface area contributed by atoms with Crippen LogP contribution in [0.5, 0.6) is 0 Å². The van der Waals surface area contributed by atoms with Crippen LogP contribution in [0.1, 0.15) is 57.1 Å². The number of hydrogen-bond acceptors (Lipinski definition) is 5. The van der Waals surface area contributed by atoms with Crippen molar-refractivity contribution in [1.82, 2.24) is 10.2 Å². The Hall–Kier alpha value is -1.86. The van der Waals surface area contributed by atoms with Crippen molar-refractivity contribution in [3.8, 4) is 0 Å². The van der Waals surface area contributed by atoms with Gasteiger partial charge in [-0.15, -0.1) is 0 Å². The van der Waals surface area contributed by atoms with E-state index < -0.39 is 0 Å². The van der Waals surface area contributed by atoms with Gasteiger partial charge in [-0.05, 0) is 50.2 Å². The number of furan rings is 1. The molecule has 3 atom stereocenters. The molecule has 1 aliphatic carbocycles. The van der Waals surface area contributed by atoms with Crippen molar-refractivity contribution in [3.63, 3.8) is 0 Å². The third-order valence-corrected chi connectivity index (χ3v) is 6.19. The highest BCUT2D eigenvalue weighted by Gasteiger charge is 2.42. The van der Waals surface area contributed by atoms with Crippen LogP contribution >= 0.6 is 0 Å². The van der Waals surface area contributed by atoms with E-state index in [0.717, 1.165) is 37.5 Å². The summed E-state index contributed by atoms with van der Waals surface area (Å²) in [5.41, 5.74) is 0. The number of nitrogens with one attached hydrogen (secondary N) is 1. The third kappa shape index (κ3) is 5.58. The minimum Gasteiger partial charge on any atom is -0.483 e. The van der Waals surface area contributed by atoms with Crippen molar-refractivity contribution >= 4 is 12.4 Å². The van der Waals surface area contributed by atoms with E-state index in [1.54, 1.807) is 6.26 Å². The monoisotopic (exact) mass is 392 g/mol. The first-order chi connectivity index (χ1) is 13.7. The minimum atomic E-state index is -0.300. The van der Waals surface area contributed by atoms with Crippen LogP contribution in [0.2, 0.25) is 0 Å². The van der Waals surface area contributed by atoms with Crippen molar-refractivity contribution in [1.29, 1.82) is 0 Å². The molecule has 3 heterocycles. The highest BCUT2D eigenvalue weighted by Crippen LogP contribution is 2.34. The smallest absolute Gasteiger partial charge is 0.290 e. The standard InChI is InChI=1S/C20H30N2O3.CH2O2/c23-20(21-13-16-7-4-12-24-16)19-9-8-17-18(25-19)10-11-22(17)14-15-5-2-1-3-6-15;2-1-3/h4,7,12,15,17-19H,1-3,5-6,8-11,13-14H2,(H,21,23);1H,(H,2,3)/t17-,18-,19+;/m1./s1. The van der Waals surface area contributed by atoms with Gasteiger partial charge in [-0.25, -0.2) is 0 Å². The van der Waals surface area contributed by atoms with Crippen LogP contribution in [0.4, 0.5) is 0 Å². The van der Waals surface area contributed by atoms with E-state index in [2.05, 4.69) is 10.2 Å². The molecule has 0 bridgehead atoms. The second kappa shape index (κ2) is 10.6. The molecular weight excluding hydrogens is 360 g/mol. The molecule has 2 saturated heterocycles. The highest BCUT2D eigenvalue weighted by molar-refractivity contribution is 5.80. The molecule has 28 heavy (non-hydrogen) atoms. The van der Waals surface area contributed by atoms with E-state index in [0.29, 0.717) is 12.6 Å². The van der Waals surface area contributed by atoms with E-state index in [9.17, 15) is 4.79 Å². The average Bonchev–Trinajstić information content (AvgIpc) is 3.37. The largest absolute Gasteiger partial charge is 0.483 e. The fraction of sp³-hybridized carbons (Fsp3) is 0.714. The number of hydrogen-bond donors (Lipinski definition) is 2. The normalized spacial score (nSPS) is 28.1. The Morgan fingerprint density at radius 2 is 2.00 bits per heavy atom. The average molecular weight is 392 g/mol. The second-order valence-electron chi connectivity index (χ2n) is 8.00. The molecule has 7 nitrogen and oxygen atoms in total. The summed E-state index contributed by atoms with van der Waals surface area (Å²) in [6.07, 6.45) is 11.6. The molecular formula is C21H32N2O5. The lowest BCUT2D eigenvalue weighted by Gasteiger charge is -2.37. The summed E-state index contributed by atoms with van der Waals surface area (Å²) in [7, 11) is 0. The van der Waals surface area contributed by atoms with E-state index in [-0.39, 0.29) is 24.6 Å². The first kappa shape index (κ1) is 20.9. The maximum absolute atomic E-state index is 12.4. The zero-order valence-electron chi connectivity index (χ0n) is 16.4. The molecule has 1 amide bonds. The zero-order chi connectivity index (χ0) is 19.8. The van der Waals surface area contributed by atoms with Gasteiger partial charge in [0, 0.05) is 19.1 Å².